The lowest BCUT2D eigenvalue weighted by atomic mass is 9.75. The Morgan fingerprint density at radius 2 is 2.25 bits per heavy atom. The van der Waals surface area contributed by atoms with Crippen LogP contribution in [0.4, 0.5) is 5.69 Å². The number of hydrogen-bond donors (Lipinski definition) is 2. The SMILES string of the molecule is Cc1cccc2c1NC(=O)C21CCCNC1. The molecule has 1 unspecified atom stereocenters. The molecule has 1 atom stereocenters. The van der Waals surface area contributed by atoms with E-state index in [1.54, 1.807) is 0 Å². The van der Waals surface area contributed by atoms with Crippen molar-refractivity contribution < 1.29 is 4.79 Å². The quantitative estimate of drug-likeness (QED) is 0.691. The molecule has 16 heavy (non-hydrogen) atoms. The predicted molar refractivity (Wildman–Crippen MR) is 63.6 cm³/mol. The standard InChI is InChI=1S/C13H16N2O/c1-9-4-2-5-10-11(9)15-12(16)13(10)6-3-7-14-8-13/h2,4-5,14H,3,6-8H2,1H3,(H,15,16). The number of para-hydroxylation sites is 1. The Labute approximate surface area is 95.2 Å². The lowest BCUT2D eigenvalue weighted by molar-refractivity contribution is -0.121. The topological polar surface area (TPSA) is 41.1 Å². The highest BCUT2D eigenvalue weighted by Crippen LogP contribution is 2.43. The van der Waals surface area contributed by atoms with Crippen molar-refractivity contribution in [2.24, 2.45) is 0 Å². The normalized spacial score (nSPS) is 27.9. The molecule has 0 bridgehead atoms. The number of aryl methyl sites for hydroxylation is 1. The van der Waals surface area contributed by atoms with E-state index < -0.39 is 0 Å². The van der Waals surface area contributed by atoms with E-state index in [2.05, 4.69) is 16.7 Å². The lowest BCUT2D eigenvalue weighted by Crippen LogP contribution is -2.47. The van der Waals surface area contributed by atoms with E-state index in [1.165, 1.54) is 5.56 Å². The summed E-state index contributed by atoms with van der Waals surface area (Å²) in [5, 5.41) is 6.39. The highest BCUT2D eigenvalue weighted by atomic mass is 16.2. The molecule has 1 amide bonds. The number of rotatable bonds is 0. The zero-order valence-corrected chi connectivity index (χ0v) is 9.47. The molecular weight excluding hydrogens is 200 g/mol. The predicted octanol–water partition coefficient (Wildman–Crippen LogP) is 1.57. The van der Waals surface area contributed by atoms with Crippen LogP contribution >= 0.6 is 0 Å². The summed E-state index contributed by atoms with van der Waals surface area (Å²) in [7, 11) is 0. The van der Waals surface area contributed by atoms with E-state index >= 15 is 0 Å². The van der Waals surface area contributed by atoms with Gasteiger partial charge < -0.3 is 10.6 Å². The van der Waals surface area contributed by atoms with Gasteiger partial charge in [-0.2, -0.15) is 0 Å². The van der Waals surface area contributed by atoms with Crippen LogP contribution in [-0.2, 0) is 10.2 Å². The second-order valence-electron chi connectivity index (χ2n) is 4.81. The number of amides is 1. The van der Waals surface area contributed by atoms with Crippen molar-refractivity contribution in [3.63, 3.8) is 0 Å². The largest absolute Gasteiger partial charge is 0.325 e. The van der Waals surface area contributed by atoms with Crippen LogP contribution in [0.2, 0.25) is 0 Å². The number of anilines is 1. The third kappa shape index (κ3) is 1.15. The second kappa shape index (κ2) is 3.32. The zero-order chi connectivity index (χ0) is 11.2. The van der Waals surface area contributed by atoms with Gasteiger partial charge in [0.05, 0.1) is 5.41 Å². The molecule has 2 aliphatic heterocycles. The average Bonchev–Trinajstić information content (AvgIpc) is 2.57. The van der Waals surface area contributed by atoms with Gasteiger partial charge in [0.1, 0.15) is 0 Å². The van der Waals surface area contributed by atoms with Gasteiger partial charge >= 0.3 is 0 Å². The summed E-state index contributed by atoms with van der Waals surface area (Å²) in [6.45, 7) is 3.85. The van der Waals surface area contributed by atoms with Crippen LogP contribution in [0.25, 0.3) is 0 Å². The fraction of sp³-hybridized carbons (Fsp3) is 0.462. The molecule has 84 valence electrons. The molecule has 0 saturated carbocycles. The maximum atomic E-state index is 12.2. The molecule has 3 rings (SSSR count). The molecule has 1 aromatic rings. The van der Waals surface area contributed by atoms with E-state index in [9.17, 15) is 4.79 Å². The smallest absolute Gasteiger partial charge is 0.236 e. The number of fused-ring (bicyclic) bond motifs is 2. The summed E-state index contributed by atoms with van der Waals surface area (Å²) in [6.07, 6.45) is 2.03. The van der Waals surface area contributed by atoms with Gasteiger partial charge in [0.2, 0.25) is 5.91 Å². The van der Waals surface area contributed by atoms with E-state index in [4.69, 9.17) is 0 Å². The molecule has 3 heteroatoms. The van der Waals surface area contributed by atoms with Gasteiger partial charge in [-0.05, 0) is 37.4 Å². The fourth-order valence-electron chi connectivity index (χ4n) is 2.92. The van der Waals surface area contributed by atoms with E-state index in [-0.39, 0.29) is 11.3 Å². The Bertz CT molecular complexity index is 447. The van der Waals surface area contributed by atoms with Crippen molar-refractivity contribution in [2.45, 2.75) is 25.2 Å². The summed E-state index contributed by atoms with van der Waals surface area (Å²) in [4.78, 5) is 12.2. The van der Waals surface area contributed by atoms with Crippen molar-refractivity contribution in [1.82, 2.24) is 5.32 Å². The molecular formula is C13H16N2O. The van der Waals surface area contributed by atoms with Crippen LogP contribution in [0.3, 0.4) is 0 Å². The van der Waals surface area contributed by atoms with Gasteiger partial charge in [-0.25, -0.2) is 0 Å². The number of hydrogen-bond acceptors (Lipinski definition) is 2. The fourth-order valence-corrected chi connectivity index (χ4v) is 2.92. The Hall–Kier alpha value is -1.35. The van der Waals surface area contributed by atoms with Crippen LogP contribution in [0, 0.1) is 6.92 Å². The summed E-state index contributed by atoms with van der Waals surface area (Å²) in [6, 6.07) is 6.19. The highest BCUT2D eigenvalue weighted by Gasteiger charge is 2.47. The van der Waals surface area contributed by atoms with Crippen molar-refractivity contribution in [3.05, 3.63) is 29.3 Å². The minimum Gasteiger partial charge on any atom is -0.325 e. The maximum absolute atomic E-state index is 12.2. The molecule has 1 spiro atoms. The summed E-state index contributed by atoms with van der Waals surface area (Å²) < 4.78 is 0. The molecule has 2 N–H and O–H groups in total. The molecule has 0 aliphatic carbocycles. The number of nitrogens with one attached hydrogen (secondary N) is 2. The minimum atomic E-state index is -0.306. The third-order valence-electron chi connectivity index (χ3n) is 3.85. The molecule has 0 aromatic heterocycles. The first-order valence-electron chi connectivity index (χ1n) is 5.86. The summed E-state index contributed by atoms with van der Waals surface area (Å²) in [5.41, 5.74) is 3.08. The van der Waals surface area contributed by atoms with Crippen LogP contribution in [0.15, 0.2) is 18.2 Å². The molecule has 1 aromatic carbocycles. The number of carbonyl (C=O) groups is 1. The first kappa shape index (κ1) is 9.85. The number of piperidine rings is 1. The van der Waals surface area contributed by atoms with E-state index in [0.717, 1.165) is 37.2 Å². The van der Waals surface area contributed by atoms with Gasteiger partial charge in [-0.15, -0.1) is 0 Å². The number of carbonyl (C=O) groups excluding carboxylic acids is 1. The lowest BCUT2D eigenvalue weighted by Gasteiger charge is -2.32. The summed E-state index contributed by atoms with van der Waals surface area (Å²) >= 11 is 0. The highest BCUT2D eigenvalue weighted by molar-refractivity contribution is 6.07. The van der Waals surface area contributed by atoms with Crippen LogP contribution < -0.4 is 10.6 Å². The molecule has 3 nitrogen and oxygen atoms in total. The average molecular weight is 216 g/mol. The Morgan fingerprint density at radius 1 is 1.38 bits per heavy atom. The summed E-state index contributed by atoms with van der Waals surface area (Å²) in [5.74, 6) is 0.170. The van der Waals surface area contributed by atoms with Gasteiger partial charge in [-0.3, -0.25) is 4.79 Å². The molecule has 2 aliphatic rings. The van der Waals surface area contributed by atoms with Gasteiger partial charge in [0.15, 0.2) is 0 Å². The monoisotopic (exact) mass is 216 g/mol. The molecule has 2 heterocycles. The Balaban J connectivity index is 2.15. The van der Waals surface area contributed by atoms with E-state index in [1.807, 2.05) is 19.1 Å². The number of benzene rings is 1. The van der Waals surface area contributed by atoms with Crippen molar-refractivity contribution >= 4 is 11.6 Å². The van der Waals surface area contributed by atoms with Crippen LogP contribution in [0.1, 0.15) is 24.0 Å². The maximum Gasteiger partial charge on any atom is 0.236 e. The Kier molecular flexibility index (Phi) is 2.04. The van der Waals surface area contributed by atoms with Gasteiger partial charge in [0, 0.05) is 12.2 Å². The van der Waals surface area contributed by atoms with Gasteiger partial charge in [-0.1, -0.05) is 18.2 Å². The minimum absolute atomic E-state index is 0.170. The first-order valence-corrected chi connectivity index (χ1v) is 5.86. The van der Waals surface area contributed by atoms with Crippen molar-refractivity contribution in [3.8, 4) is 0 Å². The Morgan fingerprint density at radius 3 is 3.00 bits per heavy atom. The van der Waals surface area contributed by atoms with Crippen LogP contribution in [-0.4, -0.2) is 19.0 Å². The van der Waals surface area contributed by atoms with E-state index in [0.29, 0.717) is 0 Å². The second-order valence-corrected chi connectivity index (χ2v) is 4.81. The van der Waals surface area contributed by atoms with Crippen molar-refractivity contribution in [1.29, 1.82) is 0 Å². The molecule has 1 fully saturated rings. The van der Waals surface area contributed by atoms with Crippen molar-refractivity contribution in [2.75, 3.05) is 18.4 Å². The third-order valence-corrected chi connectivity index (χ3v) is 3.85. The van der Waals surface area contributed by atoms with Gasteiger partial charge in [0.25, 0.3) is 0 Å². The zero-order valence-electron chi connectivity index (χ0n) is 9.47. The first-order chi connectivity index (χ1) is 7.74. The van der Waals surface area contributed by atoms with Crippen LogP contribution in [0.5, 0.6) is 0 Å². The molecule has 1 saturated heterocycles. The molecule has 0 radical (unpaired) electrons.